The number of hydrogen-bond acceptors (Lipinski definition) is 3. The Labute approximate surface area is 148 Å². The number of nitrogens with zero attached hydrogens (tertiary/aromatic N) is 1. The lowest BCUT2D eigenvalue weighted by atomic mass is 10.0. The fraction of sp³-hybridized carbons (Fsp3) is 0.333. The molecule has 1 unspecified atom stereocenters. The third-order valence-electron chi connectivity index (χ3n) is 4.62. The van der Waals surface area contributed by atoms with Gasteiger partial charge in [-0.05, 0) is 48.6 Å². The van der Waals surface area contributed by atoms with Crippen LogP contribution >= 0.6 is 0 Å². The van der Waals surface area contributed by atoms with Gasteiger partial charge in [-0.1, -0.05) is 44.2 Å². The van der Waals surface area contributed by atoms with Crippen LogP contribution in [0.4, 0.5) is 5.69 Å². The molecule has 0 saturated carbocycles. The molecule has 1 aliphatic heterocycles. The van der Waals surface area contributed by atoms with Gasteiger partial charge in [0.2, 0.25) is 0 Å². The van der Waals surface area contributed by atoms with E-state index in [1.54, 1.807) is 17.0 Å². The lowest BCUT2D eigenvalue weighted by Gasteiger charge is -2.22. The SMILES string of the molecule is CC(C)c1ccc(C(=O)OCC(=O)N2c3ccccc3CC2C)cc1. The predicted molar refractivity (Wildman–Crippen MR) is 97.9 cm³/mol. The van der Waals surface area contributed by atoms with E-state index in [9.17, 15) is 9.59 Å². The Balaban J connectivity index is 1.63. The Morgan fingerprint density at radius 2 is 1.80 bits per heavy atom. The smallest absolute Gasteiger partial charge is 0.338 e. The Kier molecular flexibility index (Phi) is 4.88. The van der Waals surface area contributed by atoms with Gasteiger partial charge in [-0.2, -0.15) is 0 Å². The molecule has 25 heavy (non-hydrogen) atoms. The summed E-state index contributed by atoms with van der Waals surface area (Å²) < 4.78 is 5.24. The number of fused-ring (bicyclic) bond motifs is 1. The van der Waals surface area contributed by atoms with Gasteiger partial charge in [0.05, 0.1) is 5.56 Å². The first-order chi connectivity index (χ1) is 12.0. The first-order valence-corrected chi connectivity index (χ1v) is 8.64. The van der Waals surface area contributed by atoms with E-state index in [4.69, 9.17) is 4.74 Å². The first-order valence-electron chi connectivity index (χ1n) is 8.64. The summed E-state index contributed by atoms with van der Waals surface area (Å²) in [5.74, 6) is -0.253. The molecule has 1 atom stereocenters. The van der Waals surface area contributed by atoms with Gasteiger partial charge in [0.1, 0.15) is 0 Å². The normalized spacial score (nSPS) is 16.0. The van der Waals surface area contributed by atoms with Crippen molar-refractivity contribution in [3.63, 3.8) is 0 Å². The van der Waals surface area contributed by atoms with E-state index in [-0.39, 0.29) is 18.6 Å². The summed E-state index contributed by atoms with van der Waals surface area (Å²) in [6.45, 7) is 5.95. The van der Waals surface area contributed by atoms with Crippen molar-refractivity contribution >= 4 is 17.6 Å². The second-order valence-corrected chi connectivity index (χ2v) is 6.80. The minimum Gasteiger partial charge on any atom is -0.452 e. The third kappa shape index (κ3) is 3.58. The molecular weight excluding hydrogens is 314 g/mol. The van der Waals surface area contributed by atoms with Crippen molar-refractivity contribution in [1.82, 2.24) is 0 Å². The summed E-state index contributed by atoms with van der Waals surface area (Å²) in [6.07, 6.45) is 0.826. The Bertz CT molecular complexity index is 780. The topological polar surface area (TPSA) is 46.6 Å². The van der Waals surface area contributed by atoms with Gasteiger partial charge in [-0.3, -0.25) is 4.79 Å². The van der Waals surface area contributed by atoms with Gasteiger partial charge in [0, 0.05) is 11.7 Å². The van der Waals surface area contributed by atoms with Crippen LogP contribution in [0.1, 0.15) is 48.2 Å². The summed E-state index contributed by atoms with van der Waals surface area (Å²) in [6, 6.07) is 15.3. The van der Waals surface area contributed by atoms with Crippen LogP contribution in [0, 0.1) is 0 Å². The van der Waals surface area contributed by atoms with Crippen molar-refractivity contribution in [3.05, 3.63) is 65.2 Å². The molecular formula is C21H23NO3. The van der Waals surface area contributed by atoms with Gasteiger partial charge in [-0.15, -0.1) is 0 Å². The van der Waals surface area contributed by atoms with Crippen LogP contribution in [0.5, 0.6) is 0 Å². The molecule has 1 aliphatic rings. The van der Waals surface area contributed by atoms with Gasteiger partial charge in [-0.25, -0.2) is 4.79 Å². The number of rotatable bonds is 4. The summed E-state index contributed by atoms with van der Waals surface area (Å²) in [7, 11) is 0. The van der Waals surface area contributed by atoms with Crippen molar-refractivity contribution in [2.45, 2.75) is 39.2 Å². The number of anilines is 1. The number of benzene rings is 2. The van der Waals surface area contributed by atoms with Crippen LogP contribution in [0.15, 0.2) is 48.5 Å². The fourth-order valence-electron chi connectivity index (χ4n) is 3.23. The van der Waals surface area contributed by atoms with E-state index in [0.29, 0.717) is 11.5 Å². The van der Waals surface area contributed by atoms with Crippen LogP contribution in [0.25, 0.3) is 0 Å². The number of hydrogen-bond donors (Lipinski definition) is 0. The van der Waals surface area contributed by atoms with E-state index in [0.717, 1.165) is 23.2 Å². The maximum atomic E-state index is 12.5. The summed E-state index contributed by atoms with van der Waals surface area (Å²) in [4.78, 5) is 26.5. The van der Waals surface area contributed by atoms with E-state index in [1.165, 1.54) is 0 Å². The molecule has 0 N–H and O–H groups in total. The molecule has 4 nitrogen and oxygen atoms in total. The van der Waals surface area contributed by atoms with E-state index < -0.39 is 5.97 Å². The Morgan fingerprint density at radius 3 is 2.48 bits per heavy atom. The van der Waals surface area contributed by atoms with Crippen LogP contribution in [0.3, 0.4) is 0 Å². The highest BCUT2D eigenvalue weighted by atomic mass is 16.5. The highest BCUT2D eigenvalue weighted by molar-refractivity contribution is 5.99. The monoisotopic (exact) mass is 337 g/mol. The van der Waals surface area contributed by atoms with Gasteiger partial charge in [0.15, 0.2) is 6.61 Å². The highest BCUT2D eigenvalue weighted by Gasteiger charge is 2.30. The maximum absolute atomic E-state index is 12.5. The number of ether oxygens (including phenoxy) is 1. The predicted octanol–water partition coefficient (Wildman–Crippen LogP) is 3.94. The van der Waals surface area contributed by atoms with Crippen LogP contribution in [-0.4, -0.2) is 24.5 Å². The maximum Gasteiger partial charge on any atom is 0.338 e. The molecule has 0 radical (unpaired) electrons. The fourth-order valence-corrected chi connectivity index (χ4v) is 3.23. The van der Waals surface area contributed by atoms with Crippen molar-refractivity contribution in [2.75, 3.05) is 11.5 Å². The summed E-state index contributed by atoms with van der Waals surface area (Å²) in [5, 5.41) is 0. The molecule has 3 rings (SSSR count). The molecule has 130 valence electrons. The molecule has 0 aliphatic carbocycles. The lowest BCUT2D eigenvalue weighted by Crippen LogP contribution is -2.38. The number of amides is 1. The summed E-state index contributed by atoms with van der Waals surface area (Å²) in [5.41, 5.74) is 3.69. The second kappa shape index (κ2) is 7.09. The lowest BCUT2D eigenvalue weighted by molar-refractivity contribution is -0.122. The van der Waals surface area contributed by atoms with Gasteiger partial charge in [0.25, 0.3) is 5.91 Å². The standard InChI is InChI=1S/C21H23NO3/c1-14(2)16-8-10-17(11-9-16)21(24)25-13-20(23)22-15(3)12-18-6-4-5-7-19(18)22/h4-11,14-15H,12-13H2,1-3H3. The average molecular weight is 337 g/mol. The molecule has 2 aromatic carbocycles. The second-order valence-electron chi connectivity index (χ2n) is 6.80. The quantitative estimate of drug-likeness (QED) is 0.794. The van der Waals surface area contributed by atoms with E-state index >= 15 is 0 Å². The van der Waals surface area contributed by atoms with Crippen LogP contribution in [0.2, 0.25) is 0 Å². The van der Waals surface area contributed by atoms with E-state index in [1.807, 2.05) is 43.3 Å². The minimum absolute atomic E-state index is 0.0777. The molecule has 0 aromatic heterocycles. The Morgan fingerprint density at radius 1 is 1.12 bits per heavy atom. The molecule has 2 aromatic rings. The zero-order valence-electron chi connectivity index (χ0n) is 14.9. The zero-order chi connectivity index (χ0) is 18.0. The van der Waals surface area contributed by atoms with Gasteiger partial charge < -0.3 is 9.64 Å². The molecule has 0 fully saturated rings. The molecule has 4 heteroatoms. The third-order valence-corrected chi connectivity index (χ3v) is 4.62. The largest absolute Gasteiger partial charge is 0.452 e. The molecule has 0 bridgehead atoms. The van der Waals surface area contributed by atoms with Crippen molar-refractivity contribution in [2.24, 2.45) is 0 Å². The van der Waals surface area contributed by atoms with E-state index in [2.05, 4.69) is 13.8 Å². The first kappa shape index (κ1) is 17.2. The molecule has 1 amide bonds. The number of carbonyl (C=O) groups excluding carboxylic acids is 2. The molecule has 1 heterocycles. The number of esters is 1. The Hall–Kier alpha value is -2.62. The molecule has 0 saturated heterocycles. The van der Waals surface area contributed by atoms with Crippen molar-refractivity contribution in [1.29, 1.82) is 0 Å². The zero-order valence-corrected chi connectivity index (χ0v) is 14.9. The van der Waals surface area contributed by atoms with Crippen LogP contribution in [-0.2, 0) is 16.0 Å². The summed E-state index contributed by atoms with van der Waals surface area (Å²) >= 11 is 0. The van der Waals surface area contributed by atoms with Gasteiger partial charge >= 0.3 is 5.97 Å². The minimum atomic E-state index is -0.469. The van der Waals surface area contributed by atoms with Crippen molar-refractivity contribution < 1.29 is 14.3 Å². The average Bonchev–Trinajstić information content (AvgIpc) is 2.95. The molecule has 0 spiro atoms. The highest BCUT2D eigenvalue weighted by Crippen LogP contribution is 2.31. The van der Waals surface area contributed by atoms with Crippen LogP contribution < -0.4 is 4.90 Å². The number of para-hydroxylation sites is 1. The van der Waals surface area contributed by atoms with Crippen molar-refractivity contribution in [3.8, 4) is 0 Å². The number of carbonyl (C=O) groups is 2.